The van der Waals surface area contributed by atoms with Gasteiger partial charge in [0, 0.05) is 11.6 Å². The highest BCUT2D eigenvalue weighted by Crippen LogP contribution is 2.48. The Balaban J connectivity index is 2.03. The molecular weight excluding hydrogens is 164 g/mol. The predicted molar refractivity (Wildman–Crippen MR) is 49.9 cm³/mol. The van der Waals surface area contributed by atoms with Crippen LogP contribution in [0.4, 0.5) is 0 Å². The van der Waals surface area contributed by atoms with E-state index in [2.05, 4.69) is 0 Å². The van der Waals surface area contributed by atoms with Crippen LogP contribution in [0.1, 0.15) is 24.3 Å². The molecule has 0 aromatic carbocycles. The summed E-state index contributed by atoms with van der Waals surface area (Å²) in [7, 11) is 0. The summed E-state index contributed by atoms with van der Waals surface area (Å²) >= 11 is 0. The summed E-state index contributed by atoms with van der Waals surface area (Å²) in [6, 6.07) is 3.83. The SMILES string of the molecule is NCCC1CC1c1ccc[n+]([O-])c1. The monoisotopic (exact) mass is 178 g/mol. The van der Waals surface area contributed by atoms with E-state index in [4.69, 9.17) is 5.73 Å². The van der Waals surface area contributed by atoms with Gasteiger partial charge in [0.05, 0.1) is 0 Å². The lowest BCUT2D eigenvalue weighted by Gasteiger charge is -1.99. The van der Waals surface area contributed by atoms with Crippen molar-refractivity contribution >= 4 is 0 Å². The zero-order valence-corrected chi connectivity index (χ0v) is 7.52. The molecule has 0 radical (unpaired) electrons. The molecule has 13 heavy (non-hydrogen) atoms. The smallest absolute Gasteiger partial charge is 0.183 e. The van der Waals surface area contributed by atoms with E-state index in [0.29, 0.717) is 11.8 Å². The van der Waals surface area contributed by atoms with Crippen LogP contribution in [0.5, 0.6) is 0 Å². The molecule has 0 bridgehead atoms. The predicted octanol–water partition coefficient (Wildman–Crippen LogP) is 0.772. The minimum absolute atomic E-state index is 0.588. The molecular formula is C10H14N2O. The molecule has 2 atom stereocenters. The number of pyridine rings is 1. The van der Waals surface area contributed by atoms with Crippen molar-refractivity contribution in [3.05, 3.63) is 35.3 Å². The third-order valence-corrected chi connectivity index (χ3v) is 2.69. The summed E-state index contributed by atoms with van der Waals surface area (Å²) in [6.45, 7) is 0.755. The van der Waals surface area contributed by atoms with Gasteiger partial charge in [0.15, 0.2) is 12.4 Å². The first-order valence-corrected chi connectivity index (χ1v) is 4.70. The molecule has 0 saturated heterocycles. The van der Waals surface area contributed by atoms with E-state index < -0.39 is 0 Å². The lowest BCUT2D eigenvalue weighted by molar-refractivity contribution is -0.605. The van der Waals surface area contributed by atoms with Crippen LogP contribution in [0, 0.1) is 11.1 Å². The Morgan fingerprint density at radius 1 is 1.62 bits per heavy atom. The molecule has 2 unspecified atom stereocenters. The van der Waals surface area contributed by atoms with Gasteiger partial charge in [-0.25, -0.2) is 0 Å². The van der Waals surface area contributed by atoms with Gasteiger partial charge < -0.3 is 10.9 Å². The Bertz CT molecular complexity index is 301. The van der Waals surface area contributed by atoms with Gasteiger partial charge in [-0.2, -0.15) is 4.73 Å². The first-order valence-electron chi connectivity index (χ1n) is 4.70. The molecule has 2 N–H and O–H groups in total. The topological polar surface area (TPSA) is 53.0 Å². The molecule has 1 aromatic heterocycles. The van der Waals surface area contributed by atoms with E-state index in [-0.39, 0.29) is 0 Å². The Morgan fingerprint density at radius 3 is 3.15 bits per heavy atom. The first-order chi connectivity index (χ1) is 6.31. The average Bonchev–Trinajstić information content (AvgIpc) is 2.85. The van der Waals surface area contributed by atoms with Crippen molar-refractivity contribution in [2.24, 2.45) is 11.7 Å². The number of aromatic nitrogens is 1. The number of rotatable bonds is 3. The van der Waals surface area contributed by atoms with E-state index in [1.807, 2.05) is 6.07 Å². The summed E-state index contributed by atoms with van der Waals surface area (Å²) in [4.78, 5) is 0. The maximum absolute atomic E-state index is 11.0. The highest BCUT2D eigenvalue weighted by atomic mass is 16.5. The van der Waals surface area contributed by atoms with Crippen molar-refractivity contribution in [1.82, 2.24) is 0 Å². The summed E-state index contributed by atoms with van der Waals surface area (Å²) in [6.07, 6.45) is 5.46. The summed E-state index contributed by atoms with van der Waals surface area (Å²) in [5.41, 5.74) is 6.64. The minimum atomic E-state index is 0.588. The van der Waals surface area contributed by atoms with Crippen LogP contribution in [-0.4, -0.2) is 6.54 Å². The number of nitrogens with zero attached hydrogens (tertiary/aromatic N) is 1. The fraction of sp³-hybridized carbons (Fsp3) is 0.500. The van der Waals surface area contributed by atoms with E-state index in [9.17, 15) is 5.21 Å². The Morgan fingerprint density at radius 2 is 2.46 bits per heavy atom. The summed E-state index contributed by atoms with van der Waals surface area (Å²) in [5, 5.41) is 11.0. The van der Waals surface area contributed by atoms with Crippen molar-refractivity contribution in [2.75, 3.05) is 6.54 Å². The van der Waals surface area contributed by atoms with Crippen LogP contribution < -0.4 is 10.5 Å². The zero-order valence-electron chi connectivity index (χ0n) is 7.52. The second kappa shape index (κ2) is 3.34. The van der Waals surface area contributed by atoms with Crippen LogP contribution in [0.3, 0.4) is 0 Å². The maximum Gasteiger partial charge on any atom is 0.183 e. The molecule has 1 heterocycles. The molecule has 1 aliphatic rings. The molecule has 0 aliphatic heterocycles. The van der Waals surface area contributed by atoms with Crippen molar-refractivity contribution in [3.8, 4) is 0 Å². The van der Waals surface area contributed by atoms with E-state index in [1.165, 1.54) is 12.6 Å². The normalized spacial score (nSPS) is 25.9. The highest BCUT2D eigenvalue weighted by Gasteiger charge is 2.38. The molecule has 1 saturated carbocycles. The quantitative estimate of drug-likeness (QED) is 0.549. The minimum Gasteiger partial charge on any atom is -0.619 e. The van der Waals surface area contributed by atoms with Crippen molar-refractivity contribution in [1.29, 1.82) is 0 Å². The lowest BCUT2D eigenvalue weighted by atomic mass is 10.1. The lowest BCUT2D eigenvalue weighted by Crippen LogP contribution is -2.24. The van der Waals surface area contributed by atoms with Crippen LogP contribution >= 0.6 is 0 Å². The second-order valence-electron chi connectivity index (χ2n) is 3.68. The summed E-state index contributed by atoms with van der Waals surface area (Å²) in [5.74, 6) is 1.30. The van der Waals surface area contributed by atoms with Gasteiger partial charge in [-0.15, -0.1) is 0 Å². The van der Waals surface area contributed by atoms with Gasteiger partial charge in [0.2, 0.25) is 0 Å². The Kier molecular flexibility index (Phi) is 2.19. The number of hydrogen-bond acceptors (Lipinski definition) is 2. The maximum atomic E-state index is 11.0. The van der Waals surface area contributed by atoms with Gasteiger partial charge in [0.25, 0.3) is 0 Å². The third-order valence-electron chi connectivity index (χ3n) is 2.69. The van der Waals surface area contributed by atoms with Gasteiger partial charge in [0.1, 0.15) is 0 Å². The highest BCUT2D eigenvalue weighted by molar-refractivity contribution is 5.20. The van der Waals surface area contributed by atoms with Gasteiger partial charge in [-0.3, -0.25) is 0 Å². The standard InChI is InChI=1S/C10H14N2O/c11-4-3-8-6-10(8)9-2-1-5-12(13)7-9/h1-2,5,7-8,10H,3-4,6,11H2. The molecule has 70 valence electrons. The largest absolute Gasteiger partial charge is 0.619 e. The van der Waals surface area contributed by atoms with E-state index in [0.717, 1.165) is 23.3 Å². The van der Waals surface area contributed by atoms with Crippen molar-refractivity contribution in [2.45, 2.75) is 18.8 Å². The van der Waals surface area contributed by atoms with Crippen molar-refractivity contribution in [3.63, 3.8) is 0 Å². The van der Waals surface area contributed by atoms with E-state index >= 15 is 0 Å². The zero-order chi connectivity index (χ0) is 9.26. The molecule has 0 amide bonds. The average molecular weight is 178 g/mol. The second-order valence-corrected chi connectivity index (χ2v) is 3.68. The number of hydrogen-bond donors (Lipinski definition) is 1. The fourth-order valence-corrected chi connectivity index (χ4v) is 1.88. The van der Waals surface area contributed by atoms with Crippen LogP contribution in [0.25, 0.3) is 0 Å². The van der Waals surface area contributed by atoms with Crippen molar-refractivity contribution < 1.29 is 4.73 Å². The molecule has 1 aliphatic carbocycles. The van der Waals surface area contributed by atoms with Crippen LogP contribution in [0.2, 0.25) is 0 Å². The Hall–Kier alpha value is -1.09. The molecule has 3 heteroatoms. The van der Waals surface area contributed by atoms with Gasteiger partial charge in [-0.05, 0) is 37.3 Å². The third kappa shape index (κ3) is 1.80. The number of nitrogens with two attached hydrogens (primary N) is 1. The van der Waals surface area contributed by atoms with E-state index in [1.54, 1.807) is 12.3 Å². The molecule has 0 spiro atoms. The molecule has 2 rings (SSSR count). The fourth-order valence-electron chi connectivity index (χ4n) is 1.88. The van der Waals surface area contributed by atoms with Gasteiger partial charge in [-0.1, -0.05) is 0 Å². The molecule has 1 fully saturated rings. The van der Waals surface area contributed by atoms with Crippen LogP contribution in [0.15, 0.2) is 24.5 Å². The molecule has 1 aromatic rings. The van der Waals surface area contributed by atoms with Crippen LogP contribution in [-0.2, 0) is 0 Å². The first kappa shape index (κ1) is 8.51. The van der Waals surface area contributed by atoms with Gasteiger partial charge >= 0.3 is 0 Å². The summed E-state index contributed by atoms with van der Waals surface area (Å²) < 4.78 is 0.868. The molecule has 3 nitrogen and oxygen atoms in total. The Labute approximate surface area is 77.8 Å².